The average Bonchev–Trinajstić information content (AvgIpc) is 3.62. The molecule has 3 N–H and O–H groups in total. The minimum atomic E-state index is -0.766. The molecule has 9 nitrogen and oxygen atoms in total. The summed E-state index contributed by atoms with van der Waals surface area (Å²) in [6, 6.07) is 0. The Labute approximate surface area is 269 Å². The number of nitrogens with zero attached hydrogens (tertiary/aromatic N) is 1. The van der Waals surface area contributed by atoms with Crippen LogP contribution >= 0.6 is 0 Å². The van der Waals surface area contributed by atoms with E-state index < -0.39 is 18.3 Å². The zero-order valence-electron chi connectivity index (χ0n) is 28.7. The molecule has 45 heavy (non-hydrogen) atoms. The highest BCUT2D eigenvalue weighted by Crippen LogP contribution is 2.89. The van der Waals surface area contributed by atoms with Crippen molar-refractivity contribution >= 4 is 12.2 Å². The van der Waals surface area contributed by atoms with Crippen molar-refractivity contribution in [1.29, 1.82) is 0 Å². The molecule has 7 aliphatic rings. The summed E-state index contributed by atoms with van der Waals surface area (Å²) in [4.78, 5) is 26.8. The summed E-state index contributed by atoms with van der Waals surface area (Å²) in [6.45, 7) is 18.3. The second-order valence-corrected chi connectivity index (χ2v) is 17.7. The minimum absolute atomic E-state index is 0.0354. The average molecular weight is 631 g/mol. The van der Waals surface area contributed by atoms with Gasteiger partial charge in [0.2, 0.25) is 0 Å². The highest BCUT2D eigenvalue weighted by Gasteiger charge is 2.84. The van der Waals surface area contributed by atoms with Gasteiger partial charge in [-0.25, -0.2) is 9.59 Å². The molecule has 9 heteroatoms. The molecule has 4 unspecified atom stereocenters. The Morgan fingerprint density at radius 3 is 2.31 bits per heavy atom. The number of carbonyl (C=O) groups is 2. The zero-order valence-corrected chi connectivity index (χ0v) is 28.7. The number of ether oxygens (including phenoxy) is 4. The van der Waals surface area contributed by atoms with E-state index in [0.717, 1.165) is 38.5 Å². The maximum atomic E-state index is 13.2. The maximum absolute atomic E-state index is 13.2. The lowest BCUT2D eigenvalue weighted by atomic mass is 9.41. The molecule has 2 spiro atoms. The number of carbonyl (C=O) groups excluding carboxylic acids is 2. The van der Waals surface area contributed by atoms with Crippen LogP contribution in [0.25, 0.3) is 0 Å². The molecule has 0 radical (unpaired) electrons. The third-order valence-corrected chi connectivity index (χ3v) is 15.6. The summed E-state index contributed by atoms with van der Waals surface area (Å²) in [5.41, 5.74) is 5.56. The van der Waals surface area contributed by atoms with Gasteiger partial charge in [-0.15, -0.1) is 0 Å². The summed E-state index contributed by atoms with van der Waals surface area (Å²) < 4.78 is 24.2. The molecule has 0 aromatic rings. The van der Waals surface area contributed by atoms with Crippen LogP contribution in [0.5, 0.6) is 0 Å². The number of amides is 2. The molecule has 0 bridgehead atoms. The van der Waals surface area contributed by atoms with E-state index in [1.807, 2.05) is 13.8 Å². The molecule has 0 aromatic carbocycles. The quantitative estimate of drug-likeness (QED) is 0.405. The van der Waals surface area contributed by atoms with Gasteiger partial charge in [0.25, 0.3) is 0 Å². The largest absolute Gasteiger partial charge is 0.446 e. The van der Waals surface area contributed by atoms with E-state index in [1.165, 1.54) is 12.8 Å². The molecular weight excluding hydrogens is 572 g/mol. The van der Waals surface area contributed by atoms with Crippen molar-refractivity contribution in [2.75, 3.05) is 26.3 Å². The number of morpholine rings is 1. The van der Waals surface area contributed by atoms with Gasteiger partial charge in [-0.05, 0) is 97.2 Å². The molecule has 7 fully saturated rings. The van der Waals surface area contributed by atoms with Crippen LogP contribution in [0.4, 0.5) is 9.59 Å². The first-order valence-electron chi connectivity index (χ1n) is 18.0. The van der Waals surface area contributed by atoms with Crippen LogP contribution in [0.3, 0.4) is 0 Å². The number of rotatable bonds is 4. The smallest absolute Gasteiger partial charge is 0.410 e. The van der Waals surface area contributed by atoms with Gasteiger partial charge in [0.1, 0.15) is 12.2 Å². The van der Waals surface area contributed by atoms with E-state index in [0.29, 0.717) is 44.1 Å². The van der Waals surface area contributed by atoms with Crippen LogP contribution < -0.4 is 5.73 Å². The van der Waals surface area contributed by atoms with Crippen molar-refractivity contribution in [3.05, 3.63) is 0 Å². The number of hydrogen-bond donors (Lipinski definition) is 2. The number of aliphatic hydroxyl groups is 1. The summed E-state index contributed by atoms with van der Waals surface area (Å²) in [5, 5.41) is 12.5. The lowest BCUT2D eigenvalue weighted by Gasteiger charge is -2.63. The molecule has 2 heterocycles. The Morgan fingerprint density at radius 1 is 0.978 bits per heavy atom. The van der Waals surface area contributed by atoms with Gasteiger partial charge in [-0.1, -0.05) is 48.5 Å². The summed E-state index contributed by atoms with van der Waals surface area (Å²) >= 11 is 0. The first kappa shape index (κ1) is 32.0. The monoisotopic (exact) mass is 630 g/mol. The van der Waals surface area contributed by atoms with Crippen molar-refractivity contribution in [2.45, 2.75) is 130 Å². The van der Waals surface area contributed by atoms with E-state index in [2.05, 4.69) is 34.6 Å². The van der Waals surface area contributed by atoms with Crippen LogP contribution in [0.2, 0.25) is 0 Å². The van der Waals surface area contributed by atoms with Crippen molar-refractivity contribution in [3.8, 4) is 0 Å². The second-order valence-electron chi connectivity index (χ2n) is 17.7. The number of aliphatic hydroxyl groups excluding tert-OH is 1. The fourth-order valence-corrected chi connectivity index (χ4v) is 13.5. The number of fused-ring (bicyclic) bond motifs is 4. The normalized spacial score (nSPS) is 50.3. The third-order valence-electron chi connectivity index (χ3n) is 15.6. The Hall–Kier alpha value is -1.58. The number of primary amides is 1. The van der Waals surface area contributed by atoms with Crippen LogP contribution in [0, 0.1) is 56.7 Å². The summed E-state index contributed by atoms with van der Waals surface area (Å²) in [6.07, 6.45) is 5.99. The van der Waals surface area contributed by atoms with E-state index >= 15 is 0 Å². The number of hydrogen-bond acceptors (Lipinski definition) is 7. The minimum Gasteiger partial charge on any atom is -0.446 e. The van der Waals surface area contributed by atoms with E-state index in [9.17, 15) is 14.7 Å². The van der Waals surface area contributed by atoms with Gasteiger partial charge in [-0.2, -0.15) is 0 Å². The van der Waals surface area contributed by atoms with Crippen LogP contribution in [-0.2, 0) is 18.9 Å². The molecule has 7 rings (SSSR count). The lowest BCUT2D eigenvalue weighted by molar-refractivity contribution is -0.185. The molecule has 2 amide bonds. The first-order valence-corrected chi connectivity index (χ1v) is 18.0. The molecule has 13 atom stereocenters. The standard InChI is InChI=1S/C36H58N2O7/c1-20(2)27(45-30(37)40)22-18-21(3)26-28(43-22)29(39)34(7)24-9-8-23-32(4,5)25(44-31(41)38-14-16-42-17-15-38)10-11-35(23)19-36(24,35)13-12-33(26,34)6/h20-29,39H,8-19H2,1-7H3,(H2,37,40)/t21-,22?,23?,24?,25+,26+,27-,28?,29+,33-,34-,35-,36+/m1/s1. The van der Waals surface area contributed by atoms with Crippen molar-refractivity contribution in [1.82, 2.24) is 4.90 Å². The predicted octanol–water partition coefficient (Wildman–Crippen LogP) is 5.76. The number of nitrogens with two attached hydrogens (primary N) is 1. The summed E-state index contributed by atoms with van der Waals surface area (Å²) in [7, 11) is 0. The Kier molecular flexibility index (Phi) is 7.43. The fourth-order valence-electron chi connectivity index (χ4n) is 13.5. The van der Waals surface area contributed by atoms with E-state index in [1.54, 1.807) is 4.90 Å². The van der Waals surface area contributed by atoms with E-state index in [4.69, 9.17) is 24.7 Å². The first-order chi connectivity index (χ1) is 21.1. The van der Waals surface area contributed by atoms with Crippen LogP contribution in [-0.4, -0.2) is 79.0 Å². The molecule has 0 aromatic heterocycles. The van der Waals surface area contributed by atoms with Crippen molar-refractivity contribution in [3.63, 3.8) is 0 Å². The van der Waals surface area contributed by atoms with Gasteiger partial charge < -0.3 is 34.7 Å². The van der Waals surface area contributed by atoms with E-state index in [-0.39, 0.29) is 63.3 Å². The zero-order chi connectivity index (χ0) is 32.3. The highest BCUT2D eigenvalue weighted by molar-refractivity contribution is 5.68. The SMILES string of the molecule is CC(C)[C@@H](OC(N)=O)C1C[C@@H](C)[C@H]2C(O1)[C@H](O)[C@@]1(C)C3CCC4C(C)(C)[C@@H](OC(=O)N5CCOCC5)CC[C@@]45C[C@@]35CC[C@]21C. The summed E-state index contributed by atoms with van der Waals surface area (Å²) in [5.74, 6) is 1.59. The molecular formula is C36H58N2O7. The Balaban J connectivity index is 1.14. The van der Waals surface area contributed by atoms with Crippen LogP contribution in [0.1, 0.15) is 99.8 Å². The van der Waals surface area contributed by atoms with Gasteiger partial charge in [0.15, 0.2) is 0 Å². The predicted molar refractivity (Wildman–Crippen MR) is 168 cm³/mol. The van der Waals surface area contributed by atoms with Gasteiger partial charge in [0.05, 0.1) is 31.5 Å². The van der Waals surface area contributed by atoms with Gasteiger partial charge in [-0.3, -0.25) is 0 Å². The third kappa shape index (κ3) is 4.20. The highest BCUT2D eigenvalue weighted by atomic mass is 16.6. The van der Waals surface area contributed by atoms with Gasteiger partial charge in [0, 0.05) is 23.9 Å². The molecule has 5 saturated carbocycles. The Morgan fingerprint density at radius 2 is 1.64 bits per heavy atom. The lowest BCUT2D eigenvalue weighted by Crippen LogP contribution is -2.60. The van der Waals surface area contributed by atoms with Crippen molar-refractivity contribution in [2.24, 2.45) is 62.4 Å². The maximum Gasteiger partial charge on any atom is 0.410 e. The van der Waals surface area contributed by atoms with Gasteiger partial charge >= 0.3 is 12.2 Å². The molecule has 5 aliphatic carbocycles. The molecule has 2 aliphatic heterocycles. The van der Waals surface area contributed by atoms with Crippen molar-refractivity contribution < 1.29 is 33.6 Å². The Bertz CT molecular complexity index is 1200. The molecule has 254 valence electrons. The van der Waals surface area contributed by atoms with Crippen LogP contribution in [0.15, 0.2) is 0 Å². The second kappa shape index (κ2) is 10.5. The fraction of sp³-hybridized carbons (Fsp3) is 0.944. The topological polar surface area (TPSA) is 121 Å². The molecule has 2 saturated heterocycles.